The Kier molecular flexibility index (Phi) is 6.81. The van der Waals surface area contributed by atoms with Crippen molar-refractivity contribution in [3.8, 4) is 0 Å². The van der Waals surface area contributed by atoms with Gasteiger partial charge < -0.3 is 20.6 Å². The van der Waals surface area contributed by atoms with E-state index < -0.39 is 24.1 Å². The molecule has 3 fully saturated rings. The standard InChI is InChI=1S/C25H41N3O4/c1-8-11-26-22(31)20(29)17(12-15-9-10-15)27-21(30)19-18-16(25(18,6)7)13-28(19)23(32)14(2)24(3,4)5/h8,14-20,29H,1,9-13H2,2-7H3,(H,26,31)(H,27,30)/t14?,16?,17?,18?,19-,20?/m0/s1. The molecule has 3 rings (SSSR count). The van der Waals surface area contributed by atoms with Crippen LogP contribution in [0.2, 0.25) is 0 Å². The molecular weight excluding hydrogens is 406 g/mol. The summed E-state index contributed by atoms with van der Waals surface area (Å²) in [4.78, 5) is 41.0. The Hall–Kier alpha value is -1.89. The molecule has 3 amide bonds. The molecule has 1 aliphatic heterocycles. The predicted molar refractivity (Wildman–Crippen MR) is 123 cm³/mol. The molecule has 2 saturated carbocycles. The van der Waals surface area contributed by atoms with E-state index in [0.29, 0.717) is 24.8 Å². The molecule has 0 bridgehead atoms. The number of hydrogen-bond donors (Lipinski definition) is 3. The smallest absolute Gasteiger partial charge is 0.251 e. The average Bonchev–Trinajstić information content (AvgIpc) is 3.56. The van der Waals surface area contributed by atoms with Crippen LogP contribution in [0, 0.1) is 34.5 Å². The zero-order valence-electron chi connectivity index (χ0n) is 20.5. The van der Waals surface area contributed by atoms with Crippen LogP contribution in [0.3, 0.4) is 0 Å². The van der Waals surface area contributed by atoms with Crippen molar-refractivity contribution < 1.29 is 19.5 Å². The Morgan fingerprint density at radius 1 is 1.25 bits per heavy atom. The molecule has 0 aromatic rings. The molecule has 1 heterocycles. The van der Waals surface area contributed by atoms with Crippen LogP contribution in [0.5, 0.6) is 0 Å². The molecule has 2 aliphatic carbocycles. The Morgan fingerprint density at radius 2 is 1.88 bits per heavy atom. The molecule has 3 N–H and O–H groups in total. The van der Waals surface area contributed by atoms with Crippen molar-refractivity contribution >= 4 is 17.7 Å². The summed E-state index contributed by atoms with van der Waals surface area (Å²) in [5, 5.41) is 16.3. The van der Waals surface area contributed by atoms with Crippen LogP contribution in [-0.2, 0) is 14.4 Å². The van der Waals surface area contributed by atoms with E-state index in [0.717, 1.165) is 12.8 Å². The Balaban J connectivity index is 1.77. The Bertz CT molecular complexity index is 768. The molecule has 180 valence electrons. The molecule has 0 aromatic carbocycles. The second kappa shape index (κ2) is 8.81. The Morgan fingerprint density at radius 3 is 2.41 bits per heavy atom. The summed E-state index contributed by atoms with van der Waals surface area (Å²) in [6.45, 7) is 16.8. The van der Waals surface area contributed by atoms with Gasteiger partial charge in [0.1, 0.15) is 6.04 Å². The number of hydrogen-bond acceptors (Lipinski definition) is 4. The fourth-order valence-corrected chi connectivity index (χ4v) is 5.14. The molecular formula is C25H41N3O4. The lowest BCUT2D eigenvalue weighted by molar-refractivity contribution is -0.146. The van der Waals surface area contributed by atoms with Crippen molar-refractivity contribution in [1.29, 1.82) is 0 Å². The molecule has 7 heteroatoms. The third-order valence-corrected chi connectivity index (χ3v) is 8.11. The van der Waals surface area contributed by atoms with E-state index in [4.69, 9.17) is 0 Å². The zero-order chi connectivity index (χ0) is 24.0. The summed E-state index contributed by atoms with van der Waals surface area (Å²) in [5.74, 6) is -0.155. The van der Waals surface area contributed by atoms with Gasteiger partial charge in [-0.3, -0.25) is 14.4 Å². The van der Waals surface area contributed by atoms with E-state index in [-0.39, 0.29) is 41.0 Å². The summed E-state index contributed by atoms with van der Waals surface area (Å²) in [6.07, 6.45) is 2.86. The molecule has 5 unspecified atom stereocenters. The van der Waals surface area contributed by atoms with Crippen molar-refractivity contribution in [1.82, 2.24) is 15.5 Å². The van der Waals surface area contributed by atoms with Crippen molar-refractivity contribution in [3.05, 3.63) is 12.7 Å². The highest BCUT2D eigenvalue weighted by Crippen LogP contribution is 2.65. The molecule has 0 spiro atoms. The Labute approximate surface area is 192 Å². The largest absolute Gasteiger partial charge is 0.381 e. The van der Waals surface area contributed by atoms with Crippen molar-refractivity contribution in [2.45, 2.75) is 79.0 Å². The van der Waals surface area contributed by atoms with Crippen LogP contribution in [-0.4, -0.2) is 59.0 Å². The van der Waals surface area contributed by atoms with E-state index in [1.54, 1.807) is 11.0 Å². The third-order valence-electron chi connectivity index (χ3n) is 8.11. The number of carbonyl (C=O) groups is 3. The first kappa shape index (κ1) is 24.7. The fraction of sp³-hybridized carbons (Fsp3) is 0.800. The first-order valence-electron chi connectivity index (χ1n) is 12.0. The van der Waals surface area contributed by atoms with Gasteiger partial charge in [-0.15, -0.1) is 6.58 Å². The van der Waals surface area contributed by atoms with Gasteiger partial charge in [-0.2, -0.15) is 0 Å². The summed E-state index contributed by atoms with van der Waals surface area (Å²) < 4.78 is 0. The van der Waals surface area contributed by atoms with E-state index in [1.165, 1.54) is 0 Å². The number of amides is 3. The second-order valence-corrected chi connectivity index (χ2v) is 11.7. The lowest BCUT2D eigenvalue weighted by atomic mass is 9.81. The number of aliphatic hydroxyl groups excluding tert-OH is 1. The van der Waals surface area contributed by atoms with E-state index in [1.807, 2.05) is 27.7 Å². The number of nitrogens with one attached hydrogen (secondary N) is 2. The van der Waals surface area contributed by atoms with Crippen molar-refractivity contribution in [2.24, 2.45) is 34.5 Å². The van der Waals surface area contributed by atoms with Gasteiger partial charge in [-0.05, 0) is 35.0 Å². The molecule has 0 aromatic heterocycles. The van der Waals surface area contributed by atoms with Crippen LogP contribution in [0.25, 0.3) is 0 Å². The van der Waals surface area contributed by atoms with Gasteiger partial charge in [0.2, 0.25) is 11.8 Å². The first-order chi connectivity index (χ1) is 14.8. The predicted octanol–water partition coefficient (Wildman–Crippen LogP) is 2.10. The minimum atomic E-state index is -1.33. The summed E-state index contributed by atoms with van der Waals surface area (Å²) in [6, 6.07) is -1.23. The van der Waals surface area contributed by atoms with E-state index >= 15 is 0 Å². The number of likely N-dealkylation sites (tertiary alicyclic amines) is 1. The minimum Gasteiger partial charge on any atom is -0.381 e. The van der Waals surface area contributed by atoms with E-state index in [9.17, 15) is 19.5 Å². The fourth-order valence-electron chi connectivity index (χ4n) is 5.14. The van der Waals surface area contributed by atoms with Crippen molar-refractivity contribution in [3.63, 3.8) is 0 Å². The van der Waals surface area contributed by atoms with Crippen LogP contribution in [0.1, 0.15) is 60.8 Å². The van der Waals surface area contributed by atoms with Crippen molar-refractivity contribution in [2.75, 3.05) is 13.1 Å². The van der Waals surface area contributed by atoms with Gasteiger partial charge in [-0.1, -0.05) is 60.5 Å². The highest BCUT2D eigenvalue weighted by Gasteiger charge is 2.69. The van der Waals surface area contributed by atoms with Crippen LogP contribution < -0.4 is 10.6 Å². The summed E-state index contributed by atoms with van der Waals surface area (Å²) in [7, 11) is 0. The maximum Gasteiger partial charge on any atom is 0.251 e. The second-order valence-electron chi connectivity index (χ2n) is 11.7. The van der Waals surface area contributed by atoms with Gasteiger partial charge >= 0.3 is 0 Å². The van der Waals surface area contributed by atoms with Gasteiger partial charge in [0.25, 0.3) is 5.91 Å². The maximum absolute atomic E-state index is 13.5. The lowest BCUT2D eigenvalue weighted by Crippen LogP contribution is -2.57. The summed E-state index contributed by atoms with van der Waals surface area (Å²) in [5.41, 5.74) is -0.190. The summed E-state index contributed by atoms with van der Waals surface area (Å²) >= 11 is 0. The number of rotatable bonds is 9. The van der Waals surface area contributed by atoms with Gasteiger partial charge in [-0.25, -0.2) is 0 Å². The molecule has 7 nitrogen and oxygen atoms in total. The zero-order valence-corrected chi connectivity index (χ0v) is 20.5. The van der Waals surface area contributed by atoms with Gasteiger partial charge in [0.05, 0.1) is 6.04 Å². The number of piperidine rings is 1. The maximum atomic E-state index is 13.5. The topological polar surface area (TPSA) is 98.7 Å². The number of aliphatic hydroxyl groups is 1. The quantitative estimate of drug-likeness (QED) is 0.472. The molecule has 32 heavy (non-hydrogen) atoms. The average molecular weight is 448 g/mol. The minimum absolute atomic E-state index is 0.00340. The molecule has 0 radical (unpaired) electrons. The first-order valence-corrected chi connectivity index (χ1v) is 12.0. The number of fused-ring (bicyclic) bond motifs is 1. The highest BCUT2D eigenvalue weighted by molar-refractivity contribution is 5.91. The van der Waals surface area contributed by atoms with Crippen LogP contribution in [0.15, 0.2) is 12.7 Å². The number of carbonyl (C=O) groups excluding carboxylic acids is 3. The monoisotopic (exact) mass is 447 g/mol. The normalized spacial score (nSPS) is 28.8. The lowest BCUT2D eigenvalue weighted by Gasteiger charge is -2.36. The molecule has 6 atom stereocenters. The van der Waals surface area contributed by atoms with Gasteiger partial charge in [0.15, 0.2) is 6.10 Å². The van der Waals surface area contributed by atoms with Crippen LogP contribution in [0.4, 0.5) is 0 Å². The SMILES string of the molecule is C=CCNC(=O)C(O)C(CC1CC1)NC(=O)[C@@H]1C2C(CN1C(=O)C(C)C(C)(C)C)C2(C)C. The molecule has 1 saturated heterocycles. The van der Waals surface area contributed by atoms with Crippen LogP contribution >= 0.6 is 0 Å². The number of nitrogens with zero attached hydrogens (tertiary/aromatic N) is 1. The van der Waals surface area contributed by atoms with Gasteiger partial charge in [0, 0.05) is 19.0 Å². The van der Waals surface area contributed by atoms with E-state index in [2.05, 4.69) is 31.1 Å². The third kappa shape index (κ3) is 4.87. The molecule has 3 aliphatic rings. The highest BCUT2D eigenvalue weighted by atomic mass is 16.3.